The maximum atomic E-state index is 11.7. The third-order valence-electron chi connectivity index (χ3n) is 2.25. The molecule has 100 valence electrons. The first-order valence-electron chi connectivity index (χ1n) is 5.56. The first-order chi connectivity index (χ1) is 8.31. The Labute approximate surface area is 117 Å². The van der Waals surface area contributed by atoms with Gasteiger partial charge >= 0.3 is 0 Å². The Morgan fingerprint density at radius 2 is 1.89 bits per heavy atom. The number of nitrogens with two attached hydrogens (primary N) is 1. The molecule has 1 rings (SSSR count). The zero-order valence-electron chi connectivity index (χ0n) is 10.6. The number of carbonyl (C=O) groups is 1. The van der Waals surface area contributed by atoms with Gasteiger partial charge in [-0.2, -0.15) is 0 Å². The molecule has 1 aromatic carbocycles. The quantitative estimate of drug-likeness (QED) is 0.838. The molecule has 0 heterocycles. The van der Waals surface area contributed by atoms with Crippen LogP contribution in [-0.2, 0) is 4.79 Å². The molecule has 0 fully saturated rings. The lowest BCUT2D eigenvalue weighted by molar-refractivity contribution is -0.120. The van der Waals surface area contributed by atoms with Crippen LogP contribution in [0.4, 0.5) is 11.4 Å². The minimum Gasteiger partial charge on any atom is -0.399 e. The summed E-state index contributed by atoms with van der Waals surface area (Å²) < 4.78 is 0. The van der Waals surface area contributed by atoms with E-state index in [-0.39, 0.29) is 18.5 Å². The minimum atomic E-state index is -0.0866. The van der Waals surface area contributed by atoms with Gasteiger partial charge < -0.3 is 16.0 Å². The first kappa shape index (κ1) is 14.9. The average Bonchev–Trinajstić information content (AvgIpc) is 2.12. The van der Waals surface area contributed by atoms with Gasteiger partial charge in [-0.3, -0.25) is 4.79 Å². The number of rotatable bonds is 4. The summed E-state index contributed by atoms with van der Waals surface area (Å²) in [5, 5.41) is 3.66. The van der Waals surface area contributed by atoms with Gasteiger partial charge in [0, 0.05) is 18.8 Å². The van der Waals surface area contributed by atoms with Crippen molar-refractivity contribution in [2.24, 2.45) is 0 Å². The fourth-order valence-electron chi connectivity index (χ4n) is 1.61. The third kappa shape index (κ3) is 3.96. The second kappa shape index (κ2) is 6.16. The average molecular weight is 290 g/mol. The maximum absolute atomic E-state index is 11.7. The predicted molar refractivity (Wildman–Crippen MR) is 77.4 cm³/mol. The molecule has 3 N–H and O–H groups in total. The van der Waals surface area contributed by atoms with Gasteiger partial charge in [0.2, 0.25) is 5.91 Å². The lowest BCUT2D eigenvalue weighted by Crippen LogP contribution is -2.38. The molecule has 4 nitrogen and oxygen atoms in total. The largest absolute Gasteiger partial charge is 0.399 e. The highest BCUT2D eigenvalue weighted by Crippen LogP contribution is 2.35. The Morgan fingerprint density at radius 3 is 2.33 bits per heavy atom. The summed E-state index contributed by atoms with van der Waals surface area (Å²) in [5.74, 6) is -0.0866. The standard InChI is InChI=1S/C12H17Cl2N3O/c1-7(2)16-11(18)6-17(3)12-9(13)4-8(15)5-10(12)14/h4-5,7H,6,15H2,1-3H3,(H,16,18). The van der Waals surface area contributed by atoms with E-state index < -0.39 is 0 Å². The van der Waals surface area contributed by atoms with Crippen molar-refractivity contribution in [2.75, 3.05) is 24.2 Å². The van der Waals surface area contributed by atoms with Crippen molar-refractivity contribution in [3.63, 3.8) is 0 Å². The van der Waals surface area contributed by atoms with Gasteiger partial charge in [-0.15, -0.1) is 0 Å². The van der Waals surface area contributed by atoms with Crippen molar-refractivity contribution in [2.45, 2.75) is 19.9 Å². The lowest BCUT2D eigenvalue weighted by Gasteiger charge is -2.22. The fourth-order valence-corrected chi connectivity index (χ4v) is 2.40. The molecule has 18 heavy (non-hydrogen) atoms. The summed E-state index contributed by atoms with van der Waals surface area (Å²) in [4.78, 5) is 13.4. The van der Waals surface area contributed by atoms with Crippen molar-refractivity contribution >= 4 is 40.5 Å². The molecule has 0 saturated heterocycles. The van der Waals surface area contributed by atoms with Crippen LogP contribution in [0.5, 0.6) is 0 Å². The molecular weight excluding hydrogens is 273 g/mol. The number of likely N-dealkylation sites (N-methyl/N-ethyl adjacent to an activating group) is 1. The van der Waals surface area contributed by atoms with E-state index in [1.165, 1.54) is 0 Å². The van der Waals surface area contributed by atoms with E-state index in [4.69, 9.17) is 28.9 Å². The van der Waals surface area contributed by atoms with E-state index >= 15 is 0 Å². The molecule has 1 amide bonds. The van der Waals surface area contributed by atoms with E-state index in [0.717, 1.165) is 0 Å². The molecule has 0 aliphatic heterocycles. The molecule has 0 saturated carbocycles. The zero-order valence-corrected chi connectivity index (χ0v) is 12.1. The molecule has 0 spiro atoms. The second-order valence-electron chi connectivity index (χ2n) is 4.41. The Balaban J connectivity index is 2.85. The Morgan fingerprint density at radius 1 is 1.39 bits per heavy atom. The molecule has 6 heteroatoms. The number of nitrogens with zero attached hydrogens (tertiary/aromatic N) is 1. The molecule has 1 aromatic rings. The summed E-state index contributed by atoms with van der Waals surface area (Å²) in [7, 11) is 1.75. The van der Waals surface area contributed by atoms with Gasteiger partial charge in [-0.05, 0) is 26.0 Å². The van der Waals surface area contributed by atoms with Gasteiger partial charge in [-0.1, -0.05) is 23.2 Å². The van der Waals surface area contributed by atoms with Crippen LogP contribution in [0.2, 0.25) is 10.0 Å². The smallest absolute Gasteiger partial charge is 0.239 e. The molecule has 0 radical (unpaired) electrons. The van der Waals surface area contributed by atoms with Crippen molar-refractivity contribution in [1.82, 2.24) is 5.32 Å². The van der Waals surface area contributed by atoms with Crippen molar-refractivity contribution in [1.29, 1.82) is 0 Å². The van der Waals surface area contributed by atoms with E-state index in [0.29, 0.717) is 21.4 Å². The number of nitrogens with one attached hydrogen (secondary N) is 1. The normalized spacial score (nSPS) is 10.6. The number of benzene rings is 1. The number of hydrogen-bond donors (Lipinski definition) is 2. The van der Waals surface area contributed by atoms with Gasteiger partial charge in [0.05, 0.1) is 22.3 Å². The number of nitrogen functional groups attached to an aromatic ring is 1. The van der Waals surface area contributed by atoms with Crippen LogP contribution >= 0.6 is 23.2 Å². The lowest BCUT2D eigenvalue weighted by atomic mass is 10.2. The van der Waals surface area contributed by atoms with E-state index in [2.05, 4.69) is 5.32 Å². The topological polar surface area (TPSA) is 58.4 Å². The second-order valence-corrected chi connectivity index (χ2v) is 5.23. The van der Waals surface area contributed by atoms with Crippen molar-refractivity contribution in [3.8, 4) is 0 Å². The van der Waals surface area contributed by atoms with Gasteiger partial charge in [0.25, 0.3) is 0 Å². The predicted octanol–water partition coefficient (Wildman–Crippen LogP) is 2.54. The summed E-state index contributed by atoms with van der Waals surface area (Å²) in [5.41, 5.74) is 6.73. The molecule has 0 bridgehead atoms. The number of hydrogen-bond acceptors (Lipinski definition) is 3. The molecular formula is C12H17Cl2N3O. The van der Waals surface area contributed by atoms with Crippen LogP contribution in [0, 0.1) is 0 Å². The van der Waals surface area contributed by atoms with Crippen LogP contribution in [0.25, 0.3) is 0 Å². The summed E-state index contributed by atoms with van der Waals surface area (Å²) in [6.07, 6.45) is 0. The molecule has 0 aliphatic rings. The monoisotopic (exact) mass is 289 g/mol. The molecule has 0 atom stereocenters. The van der Waals surface area contributed by atoms with Gasteiger partial charge in [-0.25, -0.2) is 0 Å². The third-order valence-corrected chi connectivity index (χ3v) is 2.83. The van der Waals surface area contributed by atoms with Gasteiger partial charge in [0.1, 0.15) is 0 Å². The van der Waals surface area contributed by atoms with Crippen molar-refractivity contribution < 1.29 is 4.79 Å². The van der Waals surface area contributed by atoms with E-state index in [9.17, 15) is 4.79 Å². The zero-order chi connectivity index (χ0) is 13.9. The van der Waals surface area contributed by atoms with E-state index in [1.807, 2.05) is 13.8 Å². The Kier molecular flexibility index (Phi) is 5.11. The van der Waals surface area contributed by atoms with Gasteiger partial charge in [0.15, 0.2) is 0 Å². The Hall–Kier alpha value is -1.13. The Bertz CT molecular complexity index is 426. The molecule has 0 aliphatic carbocycles. The SMILES string of the molecule is CC(C)NC(=O)CN(C)c1c(Cl)cc(N)cc1Cl. The summed E-state index contributed by atoms with van der Waals surface area (Å²) >= 11 is 12.2. The first-order valence-corrected chi connectivity index (χ1v) is 6.32. The highest BCUT2D eigenvalue weighted by molar-refractivity contribution is 6.39. The van der Waals surface area contributed by atoms with E-state index in [1.54, 1.807) is 24.1 Å². The minimum absolute atomic E-state index is 0.0866. The van der Waals surface area contributed by atoms with Crippen LogP contribution in [0.15, 0.2) is 12.1 Å². The highest BCUT2D eigenvalue weighted by atomic mass is 35.5. The van der Waals surface area contributed by atoms with Crippen LogP contribution in [-0.4, -0.2) is 25.5 Å². The molecule has 0 unspecified atom stereocenters. The summed E-state index contributed by atoms with van der Waals surface area (Å²) in [6, 6.07) is 3.32. The van der Waals surface area contributed by atoms with Crippen LogP contribution in [0.1, 0.15) is 13.8 Å². The number of anilines is 2. The maximum Gasteiger partial charge on any atom is 0.239 e. The van der Waals surface area contributed by atoms with Crippen molar-refractivity contribution in [3.05, 3.63) is 22.2 Å². The number of halogens is 2. The van der Waals surface area contributed by atoms with Crippen LogP contribution < -0.4 is 16.0 Å². The number of carbonyl (C=O) groups excluding carboxylic acids is 1. The van der Waals surface area contributed by atoms with Crippen LogP contribution in [0.3, 0.4) is 0 Å². The molecule has 0 aromatic heterocycles. The number of amides is 1. The fraction of sp³-hybridized carbons (Fsp3) is 0.417. The summed E-state index contributed by atoms with van der Waals surface area (Å²) in [6.45, 7) is 3.99. The highest BCUT2D eigenvalue weighted by Gasteiger charge is 2.15.